The van der Waals surface area contributed by atoms with Gasteiger partial charge in [0.05, 0.1) is 11.4 Å². The molecule has 2 rings (SSSR count). The molecular formula is C13H14ClNOS. The van der Waals surface area contributed by atoms with E-state index in [0.717, 1.165) is 26.9 Å². The number of ether oxygens (including phenoxy) is 1. The first-order chi connectivity index (χ1) is 8.20. The van der Waals surface area contributed by atoms with Crippen LogP contribution in [0.1, 0.15) is 16.5 Å². The average molecular weight is 268 g/mol. The van der Waals surface area contributed by atoms with Gasteiger partial charge in [0.2, 0.25) is 0 Å². The Hall–Kier alpha value is -1.03. The second kappa shape index (κ2) is 5.54. The smallest absolute Gasteiger partial charge is 0.122 e. The standard InChI is InChI=1S/C13H14ClNOS/c1-16-11-5-3-2-4-9(11)8-10(15)12-6-7-13(14)17-12/h2-7,10H,8,15H2,1H3. The molecule has 0 bridgehead atoms. The minimum Gasteiger partial charge on any atom is -0.496 e. The maximum atomic E-state index is 6.16. The molecule has 0 aliphatic carbocycles. The van der Waals surface area contributed by atoms with Gasteiger partial charge < -0.3 is 10.5 Å². The van der Waals surface area contributed by atoms with Gasteiger partial charge in [-0.15, -0.1) is 11.3 Å². The van der Waals surface area contributed by atoms with Crippen LogP contribution in [0.15, 0.2) is 36.4 Å². The molecule has 0 spiro atoms. The fraction of sp³-hybridized carbons (Fsp3) is 0.231. The Morgan fingerprint density at radius 3 is 2.71 bits per heavy atom. The van der Waals surface area contributed by atoms with Gasteiger partial charge in [-0.25, -0.2) is 0 Å². The van der Waals surface area contributed by atoms with E-state index >= 15 is 0 Å². The Balaban J connectivity index is 2.15. The lowest BCUT2D eigenvalue weighted by molar-refractivity contribution is 0.408. The van der Waals surface area contributed by atoms with E-state index in [2.05, 4.69) is 0 Å². The SMILES string of the molecule is COc1ccccc1CC(N)c1ccc(Cl)s1. The molecule has 2 nitrogen and oxygen atoms in total. The first-order valence-corrected chi connectivity index (χ1v) is 6.53. The number of para-hydroxylation sites is 1. The van der Waals surface area contributed by atoms with Crippen molar-refractivity contribution in [1.82, 2.24) is 0 Å². The van der Waals surface area contributed by atoms with E-state index in [4.69, 9.17) is 22.1 Å². The zero-order chi connectivity index (χ0) is 12.3. The molecule has 0 saturated carbocycles. The van der Waals surface area contributed by atoms with E-state index in [-0.39, 0.29) is 6.04 Å². The monoisotopic (exact) mass is 267 g/mol. The minimum atomic E-state index is -0.0381. The normalized spacial score (nSPS) is 12.4. The van der Waals surface area contributed by atoms with Crippen molar-refractivity contribution in [3.8, 4) is 5.75 Å². The van der Waals surface area contributed by atoms with E-state index in [1.807, 2.05) is 36.4 Å². The number of thiophene rings is 1. The number of hydrogen-bond donors (Lipinski definition) is 1. The van der Waals surface area contributed by atoms with E-state index in [9.17, 15) is 0 Å². The highest BCUT2D eigenvalue weighted by molar-refractivity contribution is 7.16. The van der Waals surface area contributed by atoms with Crippen molar-refractivity contribution < 1.29 is 4.74 Å². The summed E-state index contributed by atoms with van der Waals surface area (Å²) < 4.78 is 6.08. The number of methoxy groups -OCH3 is 1. The molecule has 1 atom stereocenters. The number of nitrogens with two attached hydrogens (primary N) is 1. The van der Waals surface area contributed by atoms with Crippen LogP contribution in [0.3, 0.4) is 0 Å². The van der Waals surface area contributed by atoms with Gasteiger partial charge in [0.1, 0.15) is 5.75 Å². The van der Waals surface area contributed by atoms with E-state index < -0.39 is 0 Å². The van der Waals surface area contributed by atoms with Gasteiger partial charge in [0, 0.05) is 10.9 Å². The molecule has 0 aliphatic rings. The number of benzene rings is 1. The van der Waals surface area contributed by atoms with Gasteiger partial charge in [-0.3, -0.25) is 0 Å². The first kappa shape index (κ1) is 12.4. The third kappa shape index (κ3) is 3.00. The van der Waals surface area contributed by atoms with Gasteiger partial charge in [0.25, 0.3) is 0 Å². The highest BCUT2D eigenvalue weighted by Gasteiger charge is 2.12. The molecule has 2 aromatic rings. The summed E-state index contributed by atoms with van der Waals surface area (Å²) in [5.41, 5.74) is 7.28. The van der Waals surface area contributed by atoms with E-state index in [0.29, 0.717) is 0 Å². The largest absolute Gasteiger partial charge is 0.496 e. The molecule has 1 aromatic heterocycles. The molecule has 0 aliphatic heterocycles. The third-order valence-corrected chi connectivity index (χ3v) is 3.95. The van der Waals surface area contributed by atoms with Crippen molar-refractivity contribution in [1.29, 1.82) is 0 Å². The molecule has 1 aromatic carbocycles. The topological polar surface area (TPSA) is 35.2 Å². The van der Waals surface area contributed by atoms with Crippen LogP contribution in [0.2, 0.25) is 4.34 Å². The summed E-state index contributed by atoms with van der Waals surface area (Å²) in [6, 6.07) is 11.7. The second-order valence-corrected chi connectivity index (χ2v) is 5.51. The second-order valence-electron chi connectivity index (χ2n) is 3.76. The highest BCUT2D eigenvalue weighted by Crippen LogP contribution is 2.29. The molecule has 0 amide bonds. The zero-order valence-electron chi connectivity index (χ0n) is 9.52. The quantitative estimate of drug-likeness (QED) is 0.918. The molecule has 17 heavy (non-hydrogen) atoms. The number of rotatable bonds is 4. The number of hydrogen-bond acceptors (Lipinski definition) is 3. The Morgan fingerprint density at radius 1 is 1.29 bits per heavy atom. The lowest BCUT2D eigenvalue weighted by atomic mass is 10.0. The van der Waals surface area contributed by atoms with Crippen LogP contribution in [-0.4, -0.2) is 7.11 Å². The zero-order valence-corrected chi connectivity index (χ0v) is 11.1. The molecule has 1 unspecified atom stereocenters. The molecule has 0 radical (unpaired) electrons. The molecule has 0 saturated heterocycles. The Bertz CT molecular complexity index is 498. The summed E-state index contributed by atoms with van der Waals surface area (Å²) in [4.78, 5) is 1.10. The van der Waals surface area contributed by atoms with Crippen molar-refractivity contribution in [2.75, 3.05) is 7.11 Å². The van der Waals surface area contributed by atoms with Crippen molar-refractivity contribution in [2.24, 2.45) is 5.73 Å². The Morgan fingerprint density at radius 2 is 2.06 bits per heavy atom. The molecule has 90 valence electrons. The summed E-state index contributed by atoms with van der Waals surface area (Å²) >= 11 is 7.43. The lowest BCUT2D eigenvalue weighted by Gasteiger charge is -2.12. The molecule has 1 heterocycles. The van der Waals surface area contributed by atoms with Crippen LogP contribution < -0.4 is 10.5 Å². The van der Waals surface area contributed by atoms with Gasteiger partial charge in [-0.1, -0.05) is 29.8 Å². The maximum Gasteiger partial charge on any atom is 0.122 e. The van der Waals surface area contributed by atoms with Crippen LogP contribution in [-0.2, 0) is 6.42 Å². The van der Waals surface area contributed by atoms with Crippen LogP contribution >= 0.6 is 22.9 Å². The van der Waals surface area contributed by atoms with Crippen LogP contribution in [0.25, 0.3) is 0 Å². The summed E-state index contributed by atoms with van der Waals surface area (Å²) in [6.45, 7) is 0. The third-order valence-electron chi connectivity index (χ3n) is 2.59. The van der Waals surface area contributed by atoms with Gasteiger partial charge >= 0.3 is 0 Å². The van der Waals surface area contributed by atoms with Crippen molar-refractivity contribution >= 4 is 22.9 Å². The summed E-state index contributed by atoms with van der Waals surface area (Å²) in [5, 5.41) is 0. The predicted octanol–water partition coefficient (Wildman–Crippen LogP) is 3.65. The Kier molecular flexibility index (Phi) is 4.05. The molecular weight excluding hydrogens is 254 g/mol. The van der Waals surface area contributed by atoms with Crippen molar-refractivity contribution in [3.05, 3.63) is 51.2 Å². The predicted molar refractivity (Wildman–Crippen MR) is 73.0 cm³/mol. The first-order valence-electron chi connectivity index (χ1n) is 5.33. The fourth-order valence-corrected chi connectivity index (χ4v) is 2.80. The van der Waals surface area contributed by atoms with E-state index in [1.54, 1.807) is 7.11 Å². The average Bonchev–Trinajstić information content (AvgIpc) is 2.77. The highest BCUT2D eigenvalue weighted by atomic mass is 35.5. The van der Waals surface area contributed by atoms with Crippen LogP contribution in [0.4, 0.5) is 0 Å². The van der Waals surface area contributed by atoms with E-state index in [1.165, 1.54) is 11.3 Å². The minimum absolute atomic E-state index is 0.0381. The maximum absolute atomic E-state index is 6.16. The Labute approximate surface area is 110 Å². The van der Waals surface area contributed by atoms with Gasteiger partial charge in [-0.2, -0.15) is 0 Å². The van der Waals surface area contributed by atoms with Crippen molar-refractivity contribution in [2.45, 2.75) is 12.5 Å². The molecule has 2 N–H and O–H groups in total. The van der Waals surface area contributed by atoms with Gasteiger partial charge in [0.15, 0.2) is 0 Å². The van der Waals surface area contributed by atoms with Crippen LogP contribution in [0, 0.1) is 0 Å². The van der Waals surface area contributed by atoms with Crippen LogP contribution in [0.5, 0.6) is 5.75 Å². The lowest BCUT2D eigenvalue weighted by Crippen LogP contribution is -2.12. The molecule has 4 heteroatoms. The fourth-order valence-electron chi connectivity index (χ4n) is 1.74. The molecule has 0 fully saturated rings. The summed E-state index contributed by atoms with van der Waals surface area (Å²) in [5.74, 6) is 0.880. The van der Waals surface area contributed by atoms with Gasteiger partial charge in [-0.05, 0) is 30.2 Å². The number of halogens is 1. The summed E-state index contributed by atoms with van der Waals surface area (Å²) in [7, 11) is 1.67. The van der Waals surface area contributed by atoms with Crippen molar-refractivity contribution in [3.63, 3.8) is 0 Å². The summed E-state index contributed by atoms with van der Waals surface area (Å²) in [6.07, 6.45) is 0.751.